The van der Waals surface area contributed by atoms with Crippen molar-refractivity contribution in [2.75, 3.05) is 31.1 Å². The number of hydrogen-bond acceptors (Lipinski definition) is 3. The summed E-state index contributed by atoms with van der Waals surface area (Å²) >= 11 is 6.09. The van der Waals surface area contributed by atoms with Crippen molar-refractivity contribution in [1.82, 2.24) is 4.90 Å². The fourth-order valence-electron chi connectivity index (χ4n) is 5.17. The molecule has 4 heteroatoms. The normalized spacial score (nSPS) is 23.4. The predicted molar refractivity (Wildman–Crippen MR) is 121 cm³/mol. The van der Waals surface area contributed by atoms with Crippen molar-refractivity contribution in [3.05, 3.63) is 65.2 Å². The van der Waals surface area contributed by atoms with Crippen LogP contribution in [0.4, 0.5) is 5.69 Å². The molecule has 2 aromatic rings. The molecule has 1 aliphatic heterocycles. The molecular weight excluding hydrogens is 380 g/mol. The summed E-state index contributed by atoms with van der Waals surface area (Å²) in [5.74, 6) is 1.78. The summed E-state index contributed by atoms with van der Waals surface area (Å²) in [5, 5.41) is 11.7. The number of aliphatic hydroxyl groups is 1. The summed E-state index contributed by atoms with van der Waals surface area (Å²) in [6.45, 7) is 4.48. The molecule has 2 aromatic carbocycles. The van der Waals surface area contributed by atoms with E-state index in [0.29, 0.717) is 6.54 Å². The van der Waals surface area contributed by atoms with Gasteiger partial charge in [0.2, 0.25) is 0 Å². The third-order valence-corrected chi connectivity index (χ3v) is 6.94. The van der Waals surface area contributed by atoms with Crippen LogP contribution in [0.1, 0.15) is 37.7 Å². The monoisotopic (exact) mass is 412 g/mol. The topological polar surface area (TPSA) is 26.7 Å². The fraction of sp³-hybridized carbons (Fsp3) is 0.520. The van der Waals surface area contributed by atoms with E-state index < -0.39 is 0 Å². The van der Waals surface area contributed by atoms with E-state index in [0.717, 1.165) is 42.2 Å². The molecule has 0 amide bonds. The second-order valence-corrected chi connectivity index (χ2v) is 9.29. The Morgan fingerprint density at radius 2 is 1.69 bits per heavy atom. The summed E-state index contributed by atoms with van der Waals surface area (Å²) in [7, 11) is 0. The number of likely N-dealkylation sites (tertiary alicyclic amines) is 1. The number of nitrogens with zero attached hydrogens (tertiary/aromatic N) is 2. The highest BCUT2D eigenvalue weighted by molar-refractivity contribution is 6.30. The summed E-state index contributed by atoms with van der Waals surface area (Å²) in [6.07, 6.45) is 6.54. The van der Waals surface area contributed by atoms with Crippen LogP contribution < -0.4 is 4.90 Å². The van der Waals surface area contributed by atoms with Crippen LogP contribution in [0.25, 0.3) is 0 Å². The number of piperidine rings is 1. The quantitative estimate of drug-likeness (QED) is 0.675. The highest BCUT2D eigenvalue weighted by Crippen LogP contribution is 2.36. The molecule has 1 N–H and O–H groups in total. The molecule has 3 atom stereocenters. The second kappa shape index (κ2) is 9.97. The van der Waals surface area contributed by atoms with E-state index >= 15 is 0 Å². The number of anilines is 1. The number of hydrogen-bond donors (Lipinski definition) is 1. The molecule has 1 saturated carbocycles. The van der Waals surface area contributed by atoms with E-state index in [1.165, 1.54) is 44.2 Å². The molecule has 4 rings (SSSR count). The van der Waals surface area contributed by atoms with Crippen molar-refractivity contribution in [3.8, 4) is 0 Å². The first-order valence-electron chi connectivity index (χ1n) is 11.1. The summed E-state index contributed by atoms with van der Waals surface area (Å²) in [4.78, 5) is 4.77. The minimum Gasteiger partial charge on any atom is -0.390 e. The SMILES string of the molecule is O[C@H](CN1CC[C@@H]2CCCC[C@@H]2C1)CN(Cc1ccccc1)c1ccc(Cl)cc1. The van der Waals surface area contributed by atoms with E-state index in [1.54, 1.807) is 0 Å². The molecule has 0 unspecified atom stereocenters. The molecule has 1 aliphatic carbocycles. The number of rotatable bonds is 7. The third kappa shape index (κ3) is 5.75. The largest absolute Gasteiger partial charge is 0.390 e. The van der Waals surface area contributed by atoms with E-state index in [-0.39, 0.29) is 6.10 Å². The predicted octanol–water partition coefficient (Wildman–Crippen LogP) is 5.22. The van der Waals surface area contributed by atoms with Crippen LogP contribution in [0.5, 0.6) is 0 Å². The van der Waals surface area contributed by atoms with Crippen LogP contribution in [-0.2, 0) is 6.54 Å². The highest BCUT2D eigenvalue weighted by atomic mass is 35.5. The Morgan fingerprint density at radius 3 is 2.45 bits per heavy atom. The lowest BCUT2D eigenvalue weighted by atomic mass is 9.75. The van der Waals surface area contributed by atoms with Gasteiger partial charge in [-0.2, -0.15) is 0 Å². The average Bonchev–Trinajstić information content (AvgIpc) is 2.74. The number of β-amino-alcohol motifs (C(OH)–C–C–N with tert-alkyl or cyclic N) is 1. The molecule has 3 nitrogen and oxygen atoms in total. The van der Waals surface area contributed by atoms with E-state index in [1.807, 2.05) is 30.3 Å². The maximum absolute atomic E-state index is 11.0. The molecular formula is C25H33ClN2O. The van der Waals surface area contributed by atoms with E-state index in [9.17, 15) is 5.11 Å². The number of fused-ring (bicyclic) bond motifs is 1. The lowest BCUT2D eigenvalue weighted by Gasteiger charge is -2.42. The molecule has 0 radical (unpaired) electrons. The zero-order valence-corrected chi connectivity index (χ0v) is 18.0. The van der Waals surface area contributed by atoms with Gasteiger partial charge in [0.1, 0.15) is 0 Å². The van der Waals surface area contributed by atoms with Crippen molar-refractivity contribution in [1.29, 1.82) is 0 Å². The van der Waals surface area contributed by atoms with Crippen LogP contribution in [-0.4, -0.2) is 42.3 Å². The summed E-state index contributed by atoms with van der Waals surface area (Å²) in [6, 6.07) is 18.4. The lowest BCUT2D eigenvalue weighted by Crippen LogP contribution is -2.47. The van der Waals surface area contributed by atoms with Gasteiger partial charge >= 0.3 is 0 Å². The van der Waals surface area contributed by atoms with Gasteiger partial charge in [-0.05, 0) is 61.1 Å². The molecule has 2 aliphatic rings. The smallest absolute Gasteiger partial charge is 0.0841 e. The number of aliphatic hydroxyl groups excluding tert-OH is 1. The Kier molecular flexibility index (Phi) is 7.12. The van der Waals surface area contributed by atoms with Gasteiger partial charge in [-0.15, -0.1) is 0 Å². The molecule has 1 saturated heterocycles. The van der Waals surface area contributed by atoms with Crippen LogP contribution in [0.3, 0.4) is 0 Å². The van der Waals surface area contributed by atoms with Crippen LogP contribution in [0.15, 0.2) is 54.6 Å². The van der Waals surface area contributed by atoms with E-state index in [2.05, 4.69) is 34.1 Å². The first-order chi connectivity index (χ1) is 14.2. The molecule has 2 fully saturated rings. The Labute approximate surface area is 180 Å². The van der Waals surface area contributed by atoms with Gasteiger partial charge in [0.25, 0.3) is 0 Å². The van der Waals surface area contributed by atoms with Gasteiger partial charge in [-0.3, -0.25) is 0 Å². The minimum absolute atomic E-state index is 0.366. The number of benzene rings is 2. The molecule has 0 spiro atoms. The maximum atomic E-state index is 11.0. The van der Waals surface area contributed by atoms with Crippen molar-refractivity contribution in [3.63, 3.8) is 0 Å². The highest BCUT2D eigenvalue weighted by Gasteiger charge is 2.31. The Hall–Kier alpha value is -1.55. The van der Waals surface area contributed by atoms with Gasteiger partial charge in [-0.25, -0.2) is 0 Å². The van der Waals surface area contributed by atoms with Gasteiger partial charge < -0.3 is 14.9 Å². The first kappa shape index (κ1) is 20.7. The summed E-state index contributed by atoms with van der Waals surface area (Å²) < 4.78 is 0. The molecule has 156 valence electrons. The van der Waals surface area contributed by atoms with Crippen LogP contribution in [0.2, 0.25) is 5.02 Å². The van der Waals surface area contributed by atoms with Gasteiger partial charge in [0, 0.05) is 36.9 Å². The fourth-order valence-corrected chi connectivity index (χ4v) is 5.30. The second-order valence-electron chi connectivity index (χ2n) is 8.85. The van der Waals surface area contributed by atoms with Gasteiger partial charge in [0.15, 0.2) is 0 Å². The summed E-state index contributed by atoms with van der Waals surface area (Å²) in [5.41, 5.74) is 2.35. The van der Waals surface area contributed by atoms with Crippen LogP contribution in [0, 0.1) is 11.8 Å². The van der Waals surface area contributed by atoms with Gasteiger partial charge in [0.05, 0.1) is 6.10 Å². The lowest BCUT2D eigenvalue weighted by molar-refractivity contribution is 0.0484. The van der Waals surface area contributed by atoms with Crippen molar-refractivity contribution in [2.24, 2.45) is 11.8 Å². The number of halogens is 1. The molecule has 1 heterocycles. The van der Waals surface area contributed by atoms with Crippen molar-refractivity contribution >= 4 is 17.3 Å². The zero-order valence-electron chi connectivity index (χ0n) is 17.2. The Morgan fingerprint density at radius 1 is 0.966 bits per heavy atom. The standard InChI is InChI=1S/C25H33ClN2O/c26-23-10-12-24(13-11-23)28(16-20-6-2-1-3-7-20)19-25(29)18-27-15-14-21-8-4-5-9-22(21)17-27/h1-3,6-7,10-13,21-22,25,29H,4-5,8-9,14-19H2/t21-,22+,25+/m0/s1. The Balaban J connectivity index is 1.39. The Bertz CT molecular complexity index is 751. The van der Waals surface area contributed by atoms with Gasteiger partial charge in [-0.1, -0.05) is 61.2 Å². The molecule has 0 bridgehead atoms. The average molecular weight is 413 g/mol. The molecule has 0 aromatic heterocycles. The minimum atomic E-state index is -0.366. The first-order valence-corrected chi connectivity index (χ1v) is 11.5. The third-order valence-electron chi connectivity index (χ3n) is 6.68. The molecule has 29 heavy (non-hydrogen) atoms. The van der Waals surface area contributed by atoms with Crippen molar-refractivity contribution in [2.45, 2.75) is 44.8 Å². The zero-order chi connectivity index (χ0) is 20.1. The van der Waals surface area contributed by atoms with Crippen LogP contribution >= 0.6 is 11.6 Å². The van der Waals surface area contributed by atoms with Crippen molar-refractivity contribution < 1.29 is 5.11 Å². The maximum Gasteiger partial charge on any atom is 0.0841 e. The van der Waals surface area contributed by atoms with E-state index in [4.69, 9.17) is 11.6 Å².